The van der Waals surface area contributed by atoms with E-state index in [1.54, 1.807) is 4.90 Å². The molecule has 1 aliphatic heterocycles. The van der Waals surface area contributed by atoms with Crippen molar-refractivity contribution in [3.05, 3.63) is 94.8 Å². The van der Waals surface area contributed by atoms with Crippen LogP contribution in [0.4, 0.5) is 20.6 Å². The molecule has 0 aliphatic carbocycles. The Morgan fingerprint density at radius 1 is 1.00 bits per heavy atom. The highest BCUT2D eigenvalue weighted by atomic mass is 19.1. The van der Waals surface area contributed by atoms with Crippen LogP contribution in [0.3, 0.4) is 0 Å². The molecular formula is C24H22FN3O2. The first-order valence-electron chi connectivity index (χ1n) is 9.80. The molecule has 0 saturated heterocycles. The van der Waals surface area contributed by atoms with Crippen LogP contribution in [0.25, 0.3) is 0 Å². The number of hydrogen-bond donors (Lipinski definition) is 2. The van der Waals surface area contributed by atoms with Gasteiger partial charge >= 0.3 is 6.03 Å². The molecule has 0 spiro atoms. The molecule has 1 heterocycles. The summed E-state index contributed by atoms with van der Waals surface area (Å²) < 4.78 is 13.0. The number of hydrogen-bond acceptors (Lipinski definition) is 2. The van der Waals surface area contributed by atoms with Crippen molar-refractivity contribution in [1.29, 1.82) is 0 Å². The Hall–Kier alpha value is -3.67. The number of rotatable bonds is 4. The molecule has 0 aromatic heterocycles. The second kappa shape index (κ2) is 8.37. The maximum Gasteiger partial charge on any atom is 0.319 e. The van der Waals surface area contributed by atoms with E-state index in [4.69, 9.17) is 0 Å². The molecule has 152 valence electrons. The fourth-order valence-electron chi connectivity index (χ4n) is 3.49. The van der Waals surface area contributed by atoms with E-state index in [-0.39, 0.29) is 17.8 Å². The second-order valence-corrected chi connectivity index (χ2v) is 7.35. The van der Waals surface area contributed by atoms with Gasteiger partial charge in [-0.1, -0.05) is 29.8 Å². The highest BCUT2D eigenvalue weighted by molar-refractivity contribution is 6.07. The van der Waals surface area contributed by atoms with Crippen LogP contribution >= 0.6 is 0 Å². The van der Waals surface area contributed by atoms with Crippen LogP contribution in [0.1, 0.15) is 27.0 Å². The Bertz CT molecular complexity index is 1080. The van der Waals surface area contributed by atoms with Gasteiger partial charge in [-0.3, -0.25) is 4.79 Å². The molecule has 3 amide bonds. The van der Waals surface area contributed by atoms with E-state index in [0.717, 1.165) is 28.8 Å². The monoisotopic (exact) mass is 403 g/mol. The second-order valence-electron chi connectivity index (χ2n) is 7.35. The topological polar surface area (TPSA) is 61.4 Å². The minimum atomic E-state index is -0.380. The molecule has 0 fully saturated rings. The standard InChI is InChI=1S/C24H22FN3O2/c1-16-2-5-19(6-3-16)23(29)28-13-12-18-7-4-17(14-22(18)28)15-26-24(30)27-21-10-8-20(25)9-11-21/h2-11,14H,12-13,15H2,1H3,(H2,26,27,30). The molecule has 3 aromatic carbocycles. The largest absolute Gasteiger partial charge is 0.334 e. The number of fused-ring (bicyclic) bond motifs is 1. The van der Waals surface area contributed by atoms with Crippen LogP contribution in [-0.4, -0.2) is 18.5 Å². The Balaban J connectivity index is 1.42. The van der Waals surface area contributed by atoms with Gasteiger partial charge < -0.3 is 15.5 Å². The summed E-state index contributed by atoms with van der Waals surface area (Å²) >= 11 is 0. The van der Waals surface area contributed by atoms with Crippen molar-refractivity contribution in [1.82, 2.24) is 5.32 Å². The number of nitrogens with one attached hydrogen (secondary N) is 2. The number of anilines is 2. The number of benzene rings is 3. The average Bonchev–Trinajstić information content (AvgIpc) is 3.17. The summed E-state index contributed by atoms with van der Waals surface area (Å²) in [6.07, 6.45) is 0.811. The number of halogens is 1. The fraction of sp³-hybridized carbons (Fsp3) is 0.167. The van der Waals surface area contributed by atoms with Gasteiger partial charge in [0.25, 0.3) is 5.91 Å². The molecule has 0 unspecified atom stereocenters. The Morgan fingerprint density at radius 2 is 1.73 bits per heavy atom. The maximum absolute atomic E-state index is 13.0. The summed E-state index contributed by atoms with van der Waals surface area (Å²) in [7, 11) is 0. The molecule has 5 nitrogen and oxygen atoms in total. The summed E-state index contributed by atoms with van der Waals surface area (Å²) in [5.41, 5.74) is 5.19. The molecule has 0 atom stereocenters. The fourth-order valence-corrected chi connectivity index (χ4v) is 3.49. The summed E-state index contributed by atoms with van der Waals surface area (Å²) in [6.45, 7) is 2.95. The van der Waals surface area contributed by atoms with Gasteiger partial charge in [0.15, 0.2) is 0 Å². The SMILES string of the molecule is Cc1ccc(C(=O)N2CCc3ccc(CNC(=O)Nc4ccc(F)cc4)cc32)cc1. The molecule has 1 aliphatic rings. The highest BCUT2D eigenvalue weighted by Crippen LogP contribution is 2.30. The van der Waals surface area contributed by atoms with E-state index in [1.165, 1.54) is 24.3 Å². The normalized spacial score (nSPS) is 12.4. The van der Waals surface area contributed by atoms with Crippen molar-refractivity contribution in [2.75, 3.05) is 16.8 Å². The zero-order chi connectivity index (χ0) is 21.1. The van der Waals surface area contributed by atoms with Crippen LogP contribution < -0.4 is 15.5 Å². The van der Waals surface area contributed by atoms with Gasteiger partial charge in [0.05, 0.1) is 0 Å². The minimum absolute atomic E-state index is 0.0205. The first-order chi connectivity index (χ1) is 14.5. The predicted molar refractivity (Wildman–Crippen MR) is 115 cm³/mol. The summed E-state index contributed by atoms with van der Waals surface area (Å²) in [6, 6.07) is 18.7. The zero-order valence-corrected chi connectivity index (χ0v) is 16.6. The van der Waals surface area contributed by atoms with Crippen LogP contribution in [0.5, 0.6) is 0 Å². The number of aryl methyl sites for hydroxylation is 1. The van der Waals surface area contributed by atoms with E-state index in [1.807, 2.05) is 49.4 Å². The number of nitrogens with zero attached hydrogens (tertiary/aromatic N) is 1. The lowest BCUT2D eigenvalue weighted by Crippen LogP contribution is -2.29. The van der Waals surface area contributed by atoms with E-state index in [9.17, 15) is 14.0 Å². The third kappa shape index (κ3) is 4.33. The van der Waals surface area contributed by atoms with E-state index >= 15 is 0 Å². The van der Waals surface area contributed by atoms with Gasteiger partial charge in [-0.15, -0.1) is 0 Å². The average molecular weight is 403 g/mol. The minimum Gasteiger partial charge on any atom is -0.334 e. The highest BCUT2D eigenvalue weighted by Gasteiger charge is 2.25. The first-order valence-corrected chi connectivity index (χ1v) is 9.80. The van der Waals surface area contributed by atoms with E-state index < -0.39 is 0 Å². The summed E-state index contributed by atoms with van der Waals surface area (Å²) in [5.74, 6) is -0.378. The van der Waals surface area contributed by atoms with Gasteiger partial charge in [0, 0.05) is 30.0 Å². The van der Waals surface area contributed by atoms with Crippen molar-refractivity contribution < 1.29 is 14.0 Å². The van der Waals surface area contributed by atoms with Gasteiger partial charge in [-0.25, -0.2) is 9.18 Å². The number of carbonyl (C=O) groups is 2. The van der Waals surface area contributed by atoms with Crippen molar-refractivity contribution in [2.45, 2.75) is 19.9 Å². The Labute approximate surface area is 174 Å². The van der Waals surface area contributed by atoms with Crippen LogP contribution in [-0.2, 0) is 13.0 Å². The Kier molecular flexibility index (Phi) is 5.48. The molecule has 30 heavy (non-hydrogen) atoms. The number of amides is 3. The number of urea groups is 1. The molecule has 4 rings (SSSR count). The molecule has 2 N–H and O–H groups in total. The smallest absolute Gasteiger partial charge is 0.319 e. The predicted octanol–water partition coefficient (Wildman–Crippen LogP) is 4.66. The van der Waals surface area contributed by atoms with Crippen LogP contribution in [0.2, 0.25) is 0 Å². The Morgan fingerprint density at radius 3 is 2.47 bits per heavy atom. The van der Waals surface area contributed by atoms with Crippen molar-refractivity contribution in [3.63, 3.8) is 0 Å². The zero-order valence-electron chi connectivity index (χ0n) is 16.6. The first kappa shape index (κ1) is 19.6. The van der Waals surface area contributed by atoms with Crippen molar-refractivity contribution >= 4 is 23.3 Å². The lowest BCUT2D eigenvalue weighted by Gasteiger charge is -2.18. The molecule has 0 bridgehead atoms. The van der Waals surface area contributed by atoms with Crippen LogP contribution in [0, 0.1) is 12.7 Å². The van der Waals surface area contributed by atoms with Crippen LogP contribution in [0.15, 0.2) is 66.7 Å². The van der Waals surface area contributed by atoms with Crippen molar-refractivity contribution in [3.8, 4) is 0 Å². The lowest BCUT2D eigenvalue weighted by atomic mass is 10.1. The number of carbonyl (C=O) groups excluding carboxylic acids is 2. The van der Waals surface area contributed by atoms with E-state index in [0.29, 0.717) is 24.3 Å². The van der Waals surface area contributed by atoms with Gasteiger partial charge in [-0.2, -0.15) is 0 Å². The maximum atomic E-state index is 13.0. The van der Waals surface area contributed by atoms with Gasteiger partial charge in [0.2, 0.25) is 0 Å². The molecule has 3 aromatic rings. The summed E-state index contributed by atoms with van der Waals surface area (Å²) in [5, 5.41) is 5.45. The molecule has 0 radical (unpaired) electrons. The van der Waals surface area contributed by atoms with Gasteiger partial charge in [-0.05, 0) is 66.9 Å². The molecule has 0 saturated carbocycles. The third-order valence-electron chi connectivity index (χ3n) is 5.14. The van der Waals surface area contributed by atoms with Gasteiger partial charge in [0.1, 0.15) is 5.82 Å². The van der Waals surface area contributed by atoms with E-state index in [2.05, 4.69) is 10.6 Å². The van der Waals surface area contributed by atoms with Crippen molar-refractivity contribution in [2.24, 2.45) is 0 Å². The lowest BCUT2D eigenvalue weighted by molar-refractivity contribution is 0.0989. The quantitative estimate of drug-likeness (QED) is 0.666. The summed E-state index contributed by atoms with van der Waals surface area (Å²) in [4.78, 5) is 26.8. The molecule has 6 heteroatoms. The third-order valence-corrected chi connectivity index (χ3v) is 5.14. The molecular weight excluding hydrogens is 381 g/mol.